The second-order valence-corrected chi connectivity index (χ2v) is 10.1. The van der Waals surface area contributed by atoms with Crippen LogP contribution in [0.15, 0.2) is 9.59 Å². The molecular weight excluding hydrogens is 294 g/mol. The summed E-state index contributed by atoms with van der Waals surface area (Å²) in [7, 11) is -1.52. The van der Waals surface area contributed by atoms with Gasteiger partial charge in [0.1, 0.15) is 0 Å². The van der Waals surface area contributed by atoms with Crippen LogP contribution in [-0.2, 0) is 16.9 Å². The molecule has 110 valence electrons. The molecule has 21 heavy (non-hydrogen) atoms. The summed E-state index contributed by atoms with van der Waals surface area (Å²) in [6.07, 6.45) is 0. The molecule has 1 aromatic rings. The minimum Gasteiger partial charge on any atom is -0.246 e. The van der Waals surface area contributed by atoms with Crippen molar-refractivity contribution < 1.29 is 8.42 Å². The van der Waals surface area contributed by atoms with E-state index in [0.717, 1.165) is 0 Å². The smallest absolute Gasteiger partial charge is 0.246 e. The van der Waals surface area contributed by atoms with Crippen molar-refractivity contribution >= 4 is 9.84 Å². The zero-order chi connectivity index (χ0) is 14.3. The van der Waals surface area contributed by atoms with Crippen LogP contribution in [0.1, 0.15) is 12.1 Å². The molecule has 8 atom stereocenters. The summed E-state index contributed by atoms with van der Waals surface area (Å²) in [4.78, 5) is 24.8. The summed E-state index contributed by atoms with van der Waals surface area (Å²) in [5.41, 5.74) is -0.958. The van der Waals surface area contributed by atoms with E-state index in [-0.39, 0.29) is 45.8 Å². The molecule has 3 aliphatic heterocycles. The van der Waals surface area contributed by atoms with Crippen molar-refractivity contribution in [1.82, 2.24) is 13.9 Å². The third-order valence-electron chi connectivity index (χ3n) is 8.14. The summed E-state index contributed by atoms with van der Waals surface area (Å²) in [6, 6.07) is -0.0812. The SMILES string of the molecule is Cn1c(=O)n2n(c1=O)[C@H]1[C@@H]3[C@@H]4[C@@H]5[C@@H]3[C@]13CS(=O)(=O)C[C@]53[C@H]42. The first kappa shape index (κ1) is 10.4. The Labute approximate surface area is 119 Å². The average molecular weight is 307 g/mol. The van der Waals surface area contributed by atoms with Crippen molar-refractivity contribution in [3.8, 4) is 0 Å². The van der Waals surface area contributed by atoms with Gasteiger partial charge in [0.25, 0.3) is 0 Å². The Balaban J connectivity index is 1.66. The Hall–Kier alpha value is -1.31. The van der Waals surface area contributed by atoms with Gasteiger partial charge in [0.15, 0.2) is 9.84 Å². The lowest BCUT2D eigenvalue weighted by Gasteiger charge is -2.99. The van der Waals surface area contributed by atoms with E-state index >= 15 is 0 Å². The number of rotatable bonds is 0. The van der Waals surface area contributed by atoms with Crippen LogP contribution < -0.4 is 11.4 Å². The van der Waals surface area contributed by atoms with Gasteiger partial charge in [-0.25, -0.2) is 31.9 Å². The first-order valence-electron chi connectivity index (χ1n) is 7.49. The van der Waals surface area contributed by atoms with Crippen LogP contribution in [0, 0.1) is 34.5 Å². The molecule has 1 aromatic heterocycles. The van der Waals surface area contributed by atoms with E-state index in [9.17, 15) is 18.0 Å². The highest BCUT2D eigenvalue weighted by molar-refractivity contribution is 7.91. The van der Waals surface area contributed by atoms with E-state index in [1.165, 1.54) is 11.6 Å². The van der Waals surface area contributed by atoms with Gasteiger partial charge in [-0.3, -0.25) is 0 Å². The van der Waals surface area contributed by atoms with Crippen LogP contribution in [0.4, 0.5) is 0 Å². The summed E-state index contributed by atoms with van der Waals surface area (Å²) in [5, 5.41) is 0. The first-order valence-corrected chi connectivity index (χ1v) is 9.31. The number of hydrogen-bond donors (Lipinski definition) is 0. The van der Waals surface area contributed by atoms with E-state index in [1.807, 2.05) is 0 Å². The molecule has 1 saturated heterocycles. The predicted octanol–water partition coefficient (Wildman–Crippen LogP) is -1.64. The van der Waals surface area contributed by atoms with Crippen molar-refractivity contribution in [2.24, 2.45) is 41.5 Å². The molecule has 8 rings (SSSR count). The second kappa shape index (κ2) is 2.19. The molecule has 0 aromatic carbocycles. The monoisotopic (exact) mass is 307 g/mol. The normalized spacial score (nSPS) is 60.8. The zero-order valence-electron chi connectivity index (χ0n) is 11.3. The van der Waals surface area contributed by atoms with Gasteiger partial charge in [-0.05, 0) is 23.7 Å². The van der Waals surface area contributed by atoms with Gasteiger partial charge in [0, 0.05) is 17.9 Å². The molecule has 4 heterocycles. The van der Waals surface area contributed by atoms with E-state index in [0.29, 0.717) is 23.7 Å². The fraction of sp³-hybridized carbons (Fsp3) is 0.846. The van der Waals surface area contributed by atoms with Crippen LogP contribution in [0.25, 0.3) is 0 Å². The van der Waals surface area contributed by atoms with Crippen molar-refractivity contribution in [1.29, 1.82) is 0 Å². The molecule has 5 fully saturated rings. The minimum absolute atomic E-state index is 0.0406. The summed E-state index contributed by atoms with van der Waals surface area (Å²) in [6.45, 7) is 0. The molecular formula is C13H13N3O4S. The van der Waals surface area contributed by atoms with Crippen LogP contribution >= 0.6 is 0 Å². The summed E-state index contributed by atoms with van der Waals surface area (Å²) in [5.74, 6) is 2.40. The number of aromatic nitrogens is 3. The second-order valence-electron chi connectivity index (χ2n) is 8.02. The lowest BCUT2D eigenvalue weighted by atomic mass is 9.06. The van der Waals surface area contributed by atoms with Gasteiger partial charge in [-0.15, -0.1) is 0 Å². The highest BCUT2D eigenvalue weighted by Crippen LogP contribution is 3.03. The molecule has 0 radical (unpaired) electrons. The van der Waals surface area contributed by atoms with Crippen molar-refractivity contribution in [2.45, 2.75) is 12.1 Å². The van der Waals surface area contributed by atoms with E-state index < -0.39 is 9.84 Å². The van der Waals surface area contributed by atoms with Gasteiger partial charge in [-0.2, -0.15) is 0 Å². The molecule has 4 saturated carbocycles. The number of sulfone groups is 1. The molecule has 2 spiro atoms. The highest BCUT2D eigenvalue weighted by Gasteiger charge is 3.05. The van der Waals surface area contributed by atoms with Gasteiger partial charge in [0.2, 0.25) is 0 Å². The van der Waals surface area contributed by atoms with Gasteiger partial charge < -0.3 is 0 Å². The molecule has 2 bridgehead atoms. The Morgan fingerprint density at radius 3 is 1.81 bits per heavy atom. The van der Waals surface area contributed by atoms with Gasteiger partial charge in [0.05, 0.1) is 23.6 Å². The highest BCUT2D eigenvalue weighted by atomic mass is 32.2. The maximum absolute atomic E-state index is 12.4. The third kappa shape index (κ3) is 0.569. The Bertz CT molecular complexity index is 957. The fourth-order valence-electron chi connectivity index (χ4n) is 8.13. The lowest BCUT2D eigenvalue weighted by Crippen LogP contribution is -3.00. The van der Waals surface area contributed by atoms with Crippen molar-refractivity contribution in [2.75, 3.05) is 11.5 Å². The maximum atomic E-state index is 12.4. The molecule has 8 heteroatoms. The molecule has 7 nitrogen and oxygen atoms in total. The molecule has 0 unspecified atom stereocenters. The van der Waals surface area contributed by atoms with Crippen LogP contribution in [0.5, 0.6) is 0 Å². The molecule has 7 aliphatic rings. The molecule has 4 aliphatic carbocycles. The quantitative estimate of drug-likeness (QED) is 0.576. The summed E-state index contributed by atoms with van der Waals surface area (Å²) >= 11 is 0. The van der Waals surface area contributed by atoms with Crippen LogP contribution in [0.3, 0.4) is 0 Å². The average Bonchev–Trinajstić information content (AvgIpc) is 2.76. The zero-order valence-corrected chi connectivity index (χ0v) is 12.1. The predicted molar refractivity (Wildman–Crippen MR) is 69.5 cm³/mol. The largest absolute Gasteiger partial charge is 0.347 e. The fourth-order valence-corrected chi connectivity index (χ4v) is 10.9. The molecule has 0 amide bonds. The Morgan fingerprint density at radius 1 is 0.952 bits per heavy atom. The van der Waals surface area contributed by atoms with Crippen molar-refractivity contribution in [3.63, 3.8) is 0 Å². The van der Waals surface area contributed by atoms with Gasteiger partial charge >= 0.3 is 11.4 Å². The third-order valence-corrected chi connectivity index (χ3v) is 9.98. The van der Waals surface area contributed by atoms with Crippen molar-refractivity contribution in [3.05, 3.63) is 21.0 Å². The Morgan fingerprint density at radius 2 is 1.38 bits per heavy atom. The van der Waals surface area contributed by atoms with E-state index in [2.05, 4.69) is 0 Å². The number of nitrogens with zero attached hydrogens (tertiary/aromatic N) is 3. The summed E-state index contributed by atoms with van der Waals surface area (Å²) < 4.78 is 29.1. The Kier molecular flexibility index (Phi) is 1.09. The lowest BCUT2D eigenvalue weighted by molar-refractivity contribution is -0.533. The maximum Gasteiger partial charge on any atom is 0.347 e. The van der Waals surface area contributed by atoms with E-state index in [4.69, 9.17) is 0 Å². The minimum atomic E-state index is -3.04. The topological polar surface area (TPSA) is 83.1 Å². The van der Waals surface area contributed by atoms with Gasteiger partial charge in [-0.1, -0.05) is 0 Å². The van der Waals surface area contributed by atoms with Crippen LogP contribution in [-0.4, -0.2) is 33.9 Å². The first-order chi connectivity index (χ1) is 9.88. The van der Waals surface area contributed by atoms with E-state index in [1.54, 1.807) is 9.36 Å². The van der Waals surface area contributed by atoms with Crippen LogP contribution in [0.2, 0.25) is 0 Å². The number of hydrogen-bond acceptors (Lipinski definition) is 4. The molecule has 0 N–H and O–H groups in total. The standard InChI is InChI=1S/C13H13N3O4S/c1-14-10(17)15-8-4-5-7-6(4)12(8)2-21(19,20)3-13(7,12)9(5)16(15)11(14)18/h4-9H,2-3H2,1H3/t4-,5-,6-,7-,8+,9+,12-,13-/m1/s1.